The molecule has 1 aromatic heterocycles. The summed E-state index contributed by atoms with van der Waals surface area (Å²) < 4.78 is 67.6. The topological polar surface area (TPSA) is 117 Å². The van der Waals surface area contributed by atoms with Gasteiger partial charge in [-0.05, 0) is 56.4 Å². The van der Waals surface area contributed by atoms with Gasteiger partial charge in [0.2, 0.25) is 5.92 Å². The lowest BCUT2D eigenvalue weighted by molar-refractivity contribution is -0.112. The Morgan fingerprint density at radius 3 is 2.39 bits per heavy atom. The van der Waals surface area contributed by atoms with Crippen molar-refractivity contribution in [2.24, 2.45) is 17.8 Å². The number of piperidine rings is 3. The zero-order valence-corrected chi connectivity index (χ0v) is 22.0. The smallest absolute Gasteiger partial charge is 0.282 e. The first-order chi connectivity index (χ1) is 18.2. The van der Waals surface area contributed by atoms with Gasteiger partial charge in [0, 0.05) is 56.2 Å². The van der Waals surface area contributed by atoms with Crippen molar-refractivity contribution in [3.63, 3.8) is 0 Å². The van der Waals surface area contributed by atoms with Gasteiger partial charge in [0.1, 0.15) is 5.76 Å². The van der Waals surface area contributed by atoms with Gasteiger partial charge in [-0.3, -0.25) is 4.79 Å². The number of fused-ring (bicyclic) bond motifs is 4. The van der Waals surface area contributed by atoms with Crippen molar-refractivity contribution in [1.29, 1.82) is 0 Å². The lowest BCUT2D eigenvalue weighted by Gasteiger charge is -2.55. The molecule has 5 saturated heterocycles. The molecule has 2 aliphatic carbocycles. The molecule has 13 heteroatoms. The molecule has 2 saturated carbocycles. The Bertz CT molecular complexity index is 1160. The normalized spacial score (nSPS) is 37.3. The van der Waals surface area contributed by atoms with Crippen LogP contribution in [0.3, 0.4) is 0 Å². The van der Waals surface area contributed by atoms with Crippen LogP contribution in [-0.2, 0) is 14.9 Å². The number of alkyl halides is 2. The highest BCUT2D eigenvalue weighted by atomic mass is 32.2. The summed E-state index contributed by atoms with van der Waals surface area (Å²) in [4.78, 5) is 12.8. The van der Waals surface area contributed by atoms with Gasteiger partial charge in [-0.25, -0.2) is 8.78 Å². The number of hydrogen-bond donors (Lipinski definition) is 2. The van der Waals surface area contributed by atoms with Crippen LogP contribution in [0, 0.1) is 17.8 Å². The van der Waals surface area contributed by atoms with Crippen molar-refractivity contribution < 1.29 is 31.3 Å². The summed E-state index contributed by atoms with van der Waals surface area (Å²) in [6, 6.07) is 1.53. The Morgan fingerprint density at radius 2 is 1.79 bits per heavy atom. The summed E-state index contributed by atoms with van der Waals surface area (Å²) in [5, 5.41) is 10.4. The molecule has 7 aliphatic rings. The van der Waals surface area contributed by atoms with Gasteiger partial charge in [-0.15, -0.1) is 0 Å². The Labute approximate surface area is 221 Å². The minimum absolute atomic E-state index is 0.0206. The number of nitrogens with one attached hydrogen (secondary N) is 2. The number of amides is 1. The molecule has 4 atom stereocenters. The maximum Gasteiger partial charge on any atom is 0.282 e. The Morgan fingerprint density at radius 1 is 1.11 bits per heavy atom. The predicted molar refractivity (Wildman–Crippen MR) is 131 cm³/mol. The van der Waals surface area contributed by atoms with E-state index < -0.39 is 16.1 Å². The molecule has 6 heterocycles. The van der Waals surface area contributed by atoms with E-state index in [1.807, 2.05) is 0 Å². The summed E-state index contributed by atoms with van der Waals surface area (Å²) in [6.07, 6.45) is 3.66. The zero-order chi connectivity index (χ0) is 26.2. The number of nitrogens with zero attached hydrogens (tertiary/aromatic N) is 3. The van der Waals surface area contributed by atoms with Crippen LogP contribution >= 0.6 is 0 Å². The van der Waals surface area contributed by atoms with Crippen molar-refractivity contribution in [3.8, 4) is 0 Å². The maximum absolute atomic E-state index is 13.7. The van der Waals surface area contributed by atoms with E-state index in [2.05, 4.69) is 15.8 Å². The van der Waals surface area contributed by atoms with E-state index in [4.69, 9.17) is 9.26 Å². The number of carbonyl (C=O) groups is 1. The van der Waals surface area contributed by atoms with E-state index in [1.54, 1.807) is 14.7 Å². The van der Waals surface area contributed by atoms with Crippen molar-refractivity contribution in [1.82, 2.24) is 24.4 Å². The van der Waals surface area contributed by atoms with Crippen LogP contribution in [0.1, 0.15) is 67.1 Å². The van der Waals surface area contributed by atoms with Gasteiger partial charge < -0.3 is 19.9 Å². The predicted octanol–water partition coefficient (Wildman–Crippen LogP) is 1.71. The second-order valence-corrected chi connectivity index (χ2v) is 14.2. The first kappa shape index (κ1) is 25.3. The third-order valence-corrected chi connectivity index (χ3v) is 11.8. The molecular weight excluding hydrogens is 520 g/mol. The highest BCUT2D eigenvalue weighted by Crippen LogP contribution is 2.46. The molecule has 0 radical (unpaired) electrons. The average Bonchev–Trinajstić information content (AvgIpc) is 3.40. The highest BCUT2D eigenvalue weighted by Gasteiger charge is 2.55. The third kappa shape index (κ3) is 4.38. The van der Waals surface area contributed by atoms with Crippen molar-refractivity contribution in [2.75, 3.05) is 32.8 Å². The molecule has 1 amide bonds. The van der Waals surface area contributed by atoms with Crippen LogP contribution in [0.25, 0.3) is 0 Å². The van der Waals surface area contributed by atoms with Gasteiger partial charge in [0.15, 0.2) is 5.69 Å². The second-order valence-electron chi connectivity index (χ2n) is 12.4. The molecule has 210 valence electrons. The molecule has 1 aromatic rings. The summed E-state index contributed by atoms with van der Waals surface area (Å²) in [7, 11) is -3.61. The number of halogens is 2. The first-order valence-electron chi connectivity index (χ1n) is 13.9. The lowest BCUT2D eigenvalue weighted by atomic mass is 9.66. The first-order valence-corrected chi connectivity index (χ1v) is 15.3. The van der Waals surface area contributed by atoms with E-state index in [0.29, 0.717) is 51.4 Å². The molecule has 5 aliphatic heterocycles. The Balaban J connectivity index is 0.932. The number of hydrogen-bond acceptors (Lipinski definition) is 7. The molecule has 8 rings (SSSR count). The van der Waals surface area contributed by atoms with Crippen LogP contribution in [0.2, 0.25) is 0 Å². The van der Waals surface area contributed by atoms with Gasteiger partial charge in [-0.1, -0.05) is 5.16 Å². The van der Waals surface area contributed by atoms with E-state index >= 15 is 0 Å². The van der Waals surface area contributed by atoms with Crippen LogP contribution < -0.4 is 10.6 Å². The fourth-order valence-electron chi connectivity index (χ4n) is 7.61. The van der Waals surface area contributed by atoms with Crippen LogP contribution in [0.4, 0.5) is 8.78 Å². The molecule has 10 nitrogen and oxygen atoms in total. The maximum atomic E-state index is 13.7. The molecule has 7 fully saturated rings. The fraction of sp³-hybridized carbons (Fsp3) is 0.840. The van der Waals surface area contributed by atoms with Gasteiger partial charge in [-0.2, -0.15) is 17.0 Å². The summed E-state index contributed by atoms with van der Waals surface area (Å²) in [6.45, 7) is 2.70. The Hall–Kier alpha value is -1.67. The van der Waals surface area contributed by atoms with E-state index in [-0.39, 0.29) is 72.3 Å². The van der Waals surface area contributed by atoms with Crippen LogP contribution in [0.15, 0.2) is 10.6 Å². The highest BCUT2D eigenvalue weighted by molar-refractivity contribution is 7.86. The quantitative estimate of drug-likeness (QED) is 0.502. The molecule has 38 heavy (non-hydrogen) atoms. The van der Waals surface area contributed by atoms with Crippen molar-refractivity contribution in [2.45, 2.75) is 81.0 Å². The third-order valence-electron chi connectivity index (χ3n) is 9.71. The Kier molecular flexibility index (Phi) is 6.12. The largest absolute Gasteiger partial charge is 0.380 e. The minimum atomic E-state index is -3.61. The van der Waals surface area contributed by atoms with Crippen LogP contribution in [-0.4, -0.2) is 91.0 Å². The molecule has 4 unspecified atom stereocenters. The standard InChI is InChI=1S/C25H35F2N5O5S/c26-25(27)7-14(8-25)9-28-23-15-3-16(23)11-31(10-15)38(34,35)32-19-1-2-20(32)5-18(4-19)29-24(33)21-6-22(37-30-21)17-12-36-13-17/h6,14-20,23,28H,1-5,7-13H2,(H,29,33). The number of rotatable bonds is 8. The van der Waals surface area contributed by atoms with Crippen molar-refractivity contribution >= 4 is 16.1 Å². The number of carbonyl (C=O) groups excluding carboxylic acids is 1. The molecular formula is C25H35F2N5O5S. The summed E-state index contributed by atoms with van der Waals surface area (Å²) in [5.41, 5.74) is 0.246. The summed E-state index contributed by atoms with van der Waals surface area (Å²) in [5.74, 6) is -1.50. The molecule has 0 aromatic carbocycles. The average molecular weight is 556 g/mol. The molecule has 2 N–H and O–H groups in total. The minimum Gasteiger partial charge on any atom is -0.380 e. The number of ether oxygens (including phenoxy) is 1. The molecule has 0 spiro atoms. The van der Waals surface area contributed by atoms with Gasteiger partial charge >= 0.3 is 0 Å². The SMILES string of the molecule is O=C(NC1CC2CCC(C1)N2S(=O)(=O)N1CC2CC(C1)C2NCC1CC(F)(F)C1)c1cc(C2COC2)on1. The lowest BCUT2D eigenvalue weighted by Crippen LogP contribution is -2.67. The van der Waals surface area contributed by atoms with Gasteiger partial charge in [0.05, 0.1) is 19.1 Å². The van der Waals surface area contributed by atoms with Gasteiger partial charge in [0.25, 0.3) is 16.1 Å². The van der Waals surface area contributed by atoms with Crippen molar-refractivity contribution in [3.05, 3.63) is 17.5 Å². The number of aromatic nitrogens is 1. The monoisotopic (exact) mass is 555 g/mol. The van der Waals surface area contributed by atoms with Crippen LogP contribution in [0.5, 0.6) is 0 Å². The van der Waals surface area contributed by atoms with E-state index in [1.165, 1.54) is 0 Å². The van der Waals surface area contributed by atoms with E-state index in [9.17, 15) is 22.0 Å². The zero-order valence-electron chi connectivity index (χ0n) is 21.2. The fourth-order valence-corrected chi connectivity index (χ4v) is 9.77. The van der Waals surface area contributed by atoms with E-state index in [0.717, 1.165) is 19.3 Å². The molecule has 4 bridgehead atoms. The second kappa shape index (κ2) is 9.18. The summed E-state index contributed by atoms with van der Waals surface area (Å²) >= 11 is 0.